The molecule has 0 saturated carbocycles. The summed E-state index contributed by atoms with van der Waals surface area (Å²) < 4.78 is 5.45. The van der Waals surface area contributed by atoms with Crippen molar-refractivity contribution in [3.63, 3.8) is 0 Å². The topological polar surface area (TPSA) is 53.1 Å². The third kappa shape index (κ3) is 4.86. The van der Waals surface area contributed by atoms with E-state index in [1.165, 1.54) is 0 Å². The molecule has 2 aromatic carbocycles. The maximum absolute atomic E-state index is 13.2. The molecular weight excluding hydrogens is 414 g/mol. The highest BCUT2D eigenvalue weighted by atomic mass is 35.5. The Labute approximate surface area is 188 Å². The van der Waals surface area contributed by atoms with Crippen LogP contribution in [0.4, 0.5) is 0 Å². The van der Waals surface area contributed by atoms with Crippen molar-refractivity contribution in [2.75, 3.05) is 39.8 Å². The number of hydrogen-bond donors (Lipinski definition) is 0. The quantitative estimate of drug-likeness (QED) is 0.714. The zero-order valence-corrected chi connectivity index (χ0v) is 18.6. The standard InChI is InChI=1S/C24H28ClN3O3/c1-31-22-10-9-20(25)16-19(22)17-26-12-14-27(15-13-26)24(30)21-8-5-11-28(21)23(29)18-6-3-2-4-7-18/h2-4,6-7,9-10,16,21H,5,8,11-15,17H2,1H3. The average molecular weight is 442 g/mol. The van der Waals surface area contributed by atoms with Gasteiger partial charge in [-0.2, -0.15) is 0 Å². The number of benzene rings is 2. The lowest BCUT2D eigenvalue weighted by atomic mass is 10.1. The SMILES string of the molecule is COc1ccc(Cl)cc1CN1CCN(C(=O)C2CCCN2C(=O)c2ccccc2)CC1. The van der Waals surface area contributed by atoms with Gasteiger partial charge >= 0.3 is 0 Å². The minimum absolute atomic E-state index is 0.0527. The van der Waals surface area contributed by atoms with Gasteiger partial charge in [-0.1, -0.05) is 29.8 Å². The number of methoxy groups -OCH3 is 1. The van der Waals surface area contributed by atoms with Gasteiger partial charge in [0.2, 0.25) is 5.91 Å². The number of piperazine rings is 1. The molecule has 0 aliphatic carbocycles. The lowest BCUT2D eigenvalue weighted by Crippen LogP contribution is -2.54. The molecule has 0 N–H and O–H groups in total. The highest BCUT2D eigenvalue weighted by Gasteiger charge is 2.37. The summed E-state index contributed by atoms with van der Waals surface area (Å²) >= 11 is 6.15. The van der Waals surface area contributed by atoms with Gasteiger partial charge in [0.1, 0.15) is 11.8 Å². The van der Waals surface area contributed by atoms with Gasteiger partial charge in [-0.3, -0.25) is 14.5 Å². The fourth-order valence-electron chi connectivity index (χ4n) is 4.46. The van der Waals surface area contributed by atoms with Crippen LogP contribution >= 0.6 is 11.6 Å². The fourth-order valence-corrected chi connectivity index (χ4v) is 4.66. The molecule has 6 nitrogen and oxygen atoms in total. The highest BCUT2D eigenvalue weighted by Crippen LogP contribution is 2.26. The molecule has 2 aromatic rings. The van der Waals surface area contributed by atoms with E-state index in [9.17, 15) is 9.59 Å². The number of rotatable bonds is 5. The molecule has 2 amide bonds. The summed E-state index contributed by atoms with van der Waals surface area (Å²) in [6.45, 7) is 4.24. The Kier molecular flexibility index (Phi) is 6.78. The Morgan fingerprint density at radius 2 is 1.77 bits per heavy atom. The summed E-state index contributed by atoms with van der Waals surface area (Å²) in [4.78, 5) is 32.1. The summed E-state index contributed by atoms with van der Waals surface area (Å²) in [6, 6.07) is 14.5. The van der Waals surface area contributed by atoms with Crippen LogP contribution in [0.1, 0.15) is 28.8 Å². The van der Waals surface area contributed by atoms with Crippen LogP contribution in [0.15, 0.2) is 48.5 Å². The van der Waals surface area contributed by atoms with Crippen molar-refractivity contribution >= 4 is 23.4 Å². The van der Waals surface area contributed by atoms with E-state index in [4.69, 9.17) is 16.3 Å². The minimum atomic E-state index is -0.354. The Morgan fingerprint density at radius 1 is 1.03 bits per heavy atom. The van der Waals surface area contributed by atoms with E-state index >= 15 is 0 Å². The van der Waals surface area contributed by atoms with Crippen LogP contribution in [0.2, 0.25) is 5.02 Å². The van der Waals surface area contributed by atoms with Gasteiger partial charge in [0.25, 0.3) is 5.91 Å². The molecule has 0 radical (unpaired) electrons. The van der Waals surface area contributed by atoms with Crippen LogP contribution in [0.3, 0.4) is 0 Å². The minimum Gasteiger partial charge on any atom is -0.496 e. The van der Waals surface area contributed by atoms with Crippen molar-refractivity contribution < 1.29 is 14.3 Å². The summed E-state index contributed by atoms with van der Waals surface area (Å²) in [5.74, 6) is 0.842. The Balaban J connectivity index is 1.36. The molecule has 2 heterocycles. The van der Waals surface area contributed by atoms with Crippen molar-refractivity contribution in [2.24, 2.45) is 0 Å². The van der Waals surface area contributed by atoms with E-state index in [2.05, 4.69) is 4.90 Å². The lowest BCUT2D eigenvalue weighted by Gasteiger charge is -2.37. The smallest absolute Gasteiger partial charge is 0.254 e. The summed E-state index contributed by atoms with van der Waals surface area (Å²) in [5, 5.41) is 0.689. The van der Waals surface area contributed by atoms with Gasteiger partial charge in [0.15, 0.2) is 0 Å². The van der Waals surface area contributed by atoms with Gasteiger partial charge in [-0.05, 0) is 43.2 Å². The number of hydrogen-bond acceptors (Lipinski definition) is 4. The zero-order chi connectivity index (χ0) is 21.8. The fraction of sp³-hybridized carbons (Fsp3) is 0.417. The summed E-state index contributed by atoms with van der Waals surface area (Å²) in [5.41, 5.74) is 1.69. The molecule has 2 fully saturated rings. The Hall–Kier alpha value is -2.57. The first-order valence-electron chi connectivity index (χ1n) is 10.8. The maximum Gasteiger partial charge on any atom is 0.254 e. The van der Waals surface area contributed by atoms with Crippen LogP contribution in [0.5, 0.6) is 5.75 Å². The van der Waals surface area contributed by atoms with E-state index in [1.807, 2.05) is 53.4 Å². The van der Waals surface area contributed by atoms with Gasteiger partial charge in [0, 0.05) is 55.4 Å². The number of halogens is 1. The molecule has 0 spiro atoms. The van der Waals surface area contributed by atoms with Crippen molar-refractivity contribution in [1.29, 1.82) is 0 Å². The third-order valence-corrected chi connectivity index (χ3v) is 6.37. The molecule has 7 heteroatoms. The van der Waals surface area contributed by atoms with Crippen molar-refractivity contribution in [2.45, 2.75) is 25.4 Å². The van der Waals surface area contributed by atoms with Crippen LogP contribution in [-0.2, 0) is 11.3 Å². The molecule has 31 heavy (non-hydrogen) atoms. The third-order valence-electron chi connectivity index (χ3n) is 6.14. The summed E-state index contributed by atoms with van der Waals surface area (Å²) in [7, 11) is 1.66. The first kappa shape index (κ1) is 21.7. The molecular formula is C24H28ClN3O3. The molecule has 1 unspecified atom stereocenters. The number of likely N-dealkylation sites (tertiary alicyclic amines) is 1. The van der Waals surface area contributed by atoms with Crippen LogP contribution in [0, 0.1) is 0 Å². The highest BCUT2D eigenvalue weighted by molar-refractivity contribution is 6.30. The van der Waals surface area contributed by atoms with Gasteiger partial charge in [-0.15, -0.1) is 0 Å². The van der Waals surface area contributed by atoms with E-state index in [0.717, 1.165) is 43.8 Å². The number of amides is 2. The van der Waals surface area contributed by atoms with Crippen LogP contribution < -0.4 is 4.74 Å². The van der Waals surface area contributed by atoms with Crippen molar-refractivity contribution in [1.82, 2.24) is 14.7 Å². The number of nitrogens with zero attached hydrogens (tertiary/aromatic N) is 3. The van der Waals surface area contributed by atoms with Crippen molar-refractivity contribution in [3.8, 4) is 5.75 Å². The van der Waals surface area contributed by atoms with Crippen LogP contribution in [-0.4, -0.2) is 72.4 Å². The van der Waals surface area contributed by atoms with E-state index in [1.54, 1.807) is 12.0 Å². The second-order valence-corrected chi connectivity index (χ2v) is 8.52. The Bertz CT molecular complexity index is 929. The predicted molar refractivity (Wildman–Crippen MR) is 120 cm³/mol. The average Bonchev–Trinajstić information content (AvgIpc) is 3.29. The number of carbonyl (C=O) groups excluding carboxylic acids is 2. The van der Waals surface area contributed by atoms with E-state index < -0.39 is 0 Å². The number of carbonyl (C=O) groups is 2. The molecule has 1 atom stereocenters. The van der Waals surface area contributed by atoms with Crippen LogP contribution in [0.25, 0.3) is 0 Å². The molecule has 2 aliphatic rings. The monoisotopic (exact) mass is 441 g/mol. The van der Waals surface area contributed by atoms with Gasteiger partial charge in [0.05, 0.1) is 7.11 Å². The largest absolute Gasteiger partial charge is 0.496 e. The molecule has 2 saturated heterocycles. The zero-order valence-electron chi connectivity index (χ0n) is 17.8. The number of ether oxygens (including phenoxy) is 1. The molecule has 0 aromatic heterocycles. The van der Waals surface area contributed by atoms with Crippen molar-refractivity contribution in [3.05, 3.63) is 64.7 Å². The van der Waals surface area contributed by atoms with Gasteiger partial charge < -0.3 is 14.5 Å². The second kappa shape index (κ2) is 9.71. The van der Waals surface area contributed by atoms with Gasteiger partial charge in [-0.25, -0.2) is 0 Å². The second-order valence-electron chi connectivity index (χ2n) is 8.08. The molecule has 4 rings (SSSR count). The Morgan fingerprint density at radius 3 is 2.48 bits per heavy atom. The molecule has 0 bridgehead atoms. The normalized spacial score (nSPS) is 19.5. The maximum atomic E-state index is 13.2. The molecule has 164 valence electrons. The first-order valence-corrected chi connectivity index (χ1v) is 11.1. The predicted octanol–water partition coefficient (Wildman–Crippen LogP) is 3.30. The van der Waals surface area contributed by atoms with E-state index in [0.29, 0.717) is 30.2 Å². The lowest BCUT2D eigenvalue weighted by molar-refractivity contribution is -0.137. The van der Waals surface area contributed by atoms with E-state index in [-0.39, 0.29) is 17.9 Å². The first-order chi connectivity index (χ1) is 15.1. The summed E-state index contributed by atoms with van der Waals surface area (Å²) in [6.07, 6.45) is 1.60. The molecule has 2 aliphatic heterocycles.